The number of carboxylic acid groups (broad SMARTS) is 1. The minimum Gasteiger partial charge on any atom is -0.493 e. The number of carbonyl (C=O) groups is 2. The topological polar surface area (TPSA) is 133 Å². The number of para-hydroxylation sites is 1. The second-order valence-electron chi connectivity index (χ2n) is 6.28. The number of anilines is 1. The van der Waals surface area contributed by atoms with Gasteiger partial charge in [-0.2, -0.15) is 0 Å². The molecule has 4 N–H and O–H groups in total. The van der Waals surface area contributed by atoms with Gasteiger partial charge in [0, 0.05) is 17.5 Å². The van der Waals surface area contributed by atoms with Crippen LogP contribution in [0.2, 0.25) is 0 Å². The molecule has 0 saturated carbocycles. The predicted molar refractivity (Wildman–Crippen MR) is 110 cm³/mol. The SMILES string of the molecule is COc1cc(C(=O)NCCC(=O)O)cc(OC)c1Oc1cccc2ccc(N)nc12. The van der Waals surface area contributed by atoms with Crippen molar-refractivity contribution in [3.05, 3.63) is 48.0 Å². The molecule has 3 aromatic rings. The Morgan fingerprint density at radius 2 is 1.77 bits per heavy atom. The van der Waals surface area contributed by atoms with Gasteiger partial charge in [0.25, 0.3) is 5.91 Å². The zero-order chi connectivity index (χ0) is 21.7. The third-order valence-electron chi connectivity index (χ3n) is 4.26. The maximum atomic E-state index is 12.4. The van der Waals surface area contributed by atoms with Crippen LogP contribution in [0.3, 0.4) is 0 Å². The van der Waals surface area contributed by atoms with Crippen LogP contribution in [0, 0.1) is 0 Å². The van der Waals surface area contributed by atoms with E-state index in [1.165, 1.54) is 26.4 Å². The highest BCUT2D eigenvalue weighted by Gasteiger charge is 2.19. The Morgan fingerprint density at radius 3 is 2.40 bits per heavy atom. The summed E-state index contributed by atoms with van der Waals surface area (Å²) in [6.07, 6.45) is -0.182. The van der Waals surface area contributed by atoms with Crippen molar-refractivity contribution < 1.29 is 28.9 Å². The number of hydrogen-bond acceptors (Lipinski definition) is 7. The van der Waals surface area contributed by atoms with Crippen LogP contribution >= 0.6 is 0 Å². The molecule has 156 valence electrons. The Balaban J connectivity index is 1.96. The average Bonchev–Trinajstić information content (AvgIpc) is 2.73. The molecule has 9 nitrogen and oxygen atoms in total. The van der Waals surface area contributed by atoms with E-state index in [2.05, 4.69) is 10.3 Å². The minimum atomic E-state index is -1.00. The van der Waals surface area contributed by atoms with Crippen molar-refractivity contribution in [2.24, 2.45) is 0 Å². The second kappa shape index (κ2) is 8.99. The van der Waals surface area contributed by atoms with E-state index in [-0.39, 0.29) is 35.8 Å². The molecule has 0 saturated heterocycles. The minimum absolute atomic E-state index is 0.000144. The van der Waals surface area contributed by atoms with E-state index in [9.17, 15) is 9.59 Å². The number of ether oxygens (including phenoxy) is 3. The van der Waals surface area contributed by atoms with Gasteiger partial charge in [0.2, 0.25) is 5.75 Å². The van der Waals surface area contributed by atoms with Crippen molar-refractivity contribution in [1.82, 2.24) is 10.3 Å². The highest BCUT2D eigenvalue weighted by atomic mass is 16.5. The molecule has 1 aromatic heterocycles. The molecular formula is C21H21N3O6. The van der Waals surface area contributed by atoms with E-state index >= 15 is 0 Å². The van der Waals surface area contributed by atoms with Crippen molar-refractivity contribution >= 4 is 28.6 Å². The molecule has 0 fully saturated rings. The summed E-state index contributed by atoms with van der Waals surface area (Å²) in [5.74, 6) is 0.120. The van der Waals surface area contributed by atoms with Crippen LogP contribution in [0.4, 0.5) is 5.82 Å². The number of fused-ring (bicyclic) bond motifs is 1. The Morgan fingerprint density at radius 1 is 1.07 bits per heavy atom. The van der Waals surface area contributed by atoms with Crippen molar-refractivity contribution in [3.8, 4) is 23.0 Å². The van der Waals surface area contributed by atoms with Crippen LogP contribution < -0.4 is 25.3 Å². The Hall–Kier alpha value is -4.01. The molecule has 0 radical (unpaired) electrons. The number of carboxylic acids is 1. The number of nitrogens with one attached hydrogen (secondary N) is 1. The van der Waals surface area contributed by atoms with Gasteiger partial charge in [-0.15, -0.1) is 0 Å². The fraction of sp³-hybridized carbons (Fsp3) is 0.190. The molecule has 0 aliphatic heterocycles. The molecule has 0 spiro atoms. The van der Waals surface area contributed by atoms with E-state index < -0.39 is 11.9 Å². The number of rotatable bonds is 8. The molecule has 0 unspecified atom stereocenters. The maximum Gasteiger partial charge on any atom is 0.305 e. The Kier molecular flexibility index (Phi) is 6.21. The predicted octanol–water partition coefficient (Wildman–Crippen LogP) is 2.83. The average molecular weight is 411 g/mol. The van der Waals surface area contributed by atoms with Gasteiger partial charge >= 0.3 is 5.97 Å². The summed E-state index contributed by atoms with van der Waals surface area (Å²) < 4.78 is 16.9. The van der Waals surface area contributed by atoms with Gasteiger partial charge in [-0.3, -0.25) is 9.59 Å². The number of hydrogen-bond donors (Lipinski definition) is 3. The van der Waals surface area contributed by atoms with E-state index in [4.69, 9.17) is 25.1 Å². The number of aliphatic carboxylic acids is 1. The lowest BCUT2D eigenvalue weighted by atomic mass is 10.1. The summed E-state index contributed by atoms with van der Waals surface area (Å²) in [5, 5.41) is 12.1. The zero-order valence-corrected chi connectivity index (χ0v) is 16.5. The first kappa shape index (κ1) is 20.7. The smallest absolute Gasteiger partial charge is 0.305 e. The van der Waals surface area contributed by atoms with Gasteiger partial charge in [-0.05, 0) is 30.3 Å². The van der Waals surface area contributed by atoms with Crippen LogP contribution in [-0.2, 0) is 4.79 Å². The van der Waals surface area contributed by atoms with Crippen LogP contribution in [-0.4, -0.2) is 42.7 Å². The summed E-state index contributed by atoms with van der Waals surface area (Å²) >= 11 is 0. The fourth-order valence-electron chi connectivity index (χ4n) is 2.82. The molecule has 0 bridgehead atoms. The molecule has 2 aromatic carbocycles. The molecule has 3 rings (SSSR count). The van der Waals surface area contributed by atoms with E-state index in [1.807, 2.05) is 18.2 Å². The first-order valence-corrected chi connectivity index (χ1v) is 9.02. The molecule has 9 heteroatoms. The number of methoxy groups -OCH3 is 2. The first-order chi connectivity index (χ1) is 14.4. The van der Waals surface area contributed by atoms with Crippen molar-refractivity contribution in [1.29, 1.82) is 0 Å². The quantitative estimate of drug-likeness (QED) is 0.515. The fourth-order valence-corrected chi connectivity index (χ4v) is 2.82. The van der Waals surface area contributed by atoms with Gasteiger partial charge in [0.15, 0.2) is 17.2 Å². The number of pyridine rings is 1. The molecule has 0 aliphatic rings. The third-order valence-corrected chi connectivity index (χ3v) is 4.26. The molecule has 0 atom stereocenters. The number of nitrogen functional groups attached to an aromatic ring is 1. The standard InChI is InChI=1S/C21H21N3O6/c1-28-15-10-13(21(27)23-9-8-18(25)26)11-16(29-2)20(15)30-14-5-3-4-12-6-7-17(22)24-19(12)14/h3-7,10-11H,8-9H2,1-2H3,(H2,22,24)(H,23,27)(H,25,26). The largest absolute Gasteiger partial charge is 0.493 e. The number of amides is 1. The third kappa shape index (κ3) is 4.52. The second-order valence-corrected chi connectivity index (χ2v) is 6.28. The summed E-state index contributed by atoms with van der Waals surface area (Å²) in [5.41, 5.74) is 6.62. The number of nitrogens with two attached hydrogens (primary N) is 1. The maximum absolute atomic E-state index is 12.4. The summed E-state index contributed by atoms with van der Waals surface area (Å²) in [7, 11) is 2.88. The number of benzene rings is 2. The van der Waals surface area contributed by atoms with Gasteiger partial charge in [-0.25, -0.2) is 4.98 Å². The van der Waals surface area contributed by atoms with E-state index in [0.717, 1.165) is 5.39 Å². The number of aromatic nitrogens is 1. The molecule has 30 heavy (non-hydrogen) atoms. The van der Waals surface area contributed by atoms with Crippen LogP contribution in [0.1, 0.15) is 16.8 Å². The molecule has 0 aliphatic carbocycles. The number of nitrogens with zero attached hydrogens (tertiary/aromatic N) is 1. The van der Waals surface area contributed by atoms with Crippen LogP contribution in [0.15, 0.2) is 42.5 Å². The van der Waals surface area contributed by atoms with Crippen molar-refractivity contribution in [2.75, 3.05) is 26.5 Å². The Bertz CT molecular complexity index is 1070. The lowest BCUT2D eigenvalue weighted by Gasteiger charge is -2.16. The van der Waals surface area contributed by atoms with Gasteiger partial charge < -0.3 is 30.4 Å². The number of carbonyl (C=O) groups excluding carboxylic acids is 1. The highest BCUT2D eigenvalue weighted by Crippen LogP contribution is 2.42. The van der Waals surface area contributed by atoms with Gasteiger partial charge in [0.1, 0.15) is 11.3 Å². The Labute approximate surface area is 172 Å². The van der Waals surface area contributed by atoms with Crippen LogP contribution in [0.5, 0.6) is 23.0 Å². The molecular weight excluding hydrogens is 390 g/mol. The summed E-state index contributed by atoms with van der Waals surface area (Å²) in [6, 6.07) is 11.9. The summed E-state index contributed by atoms with van der Waals surface area (Å²) in [4.78, 5) is 27.3. The highest BCUT2D eigenvalue weighted by molar-refractivity contribution is 5.96. The first-order valence-electron chi connectivity index (χ1n) is 9.02. The van der Waals surface area contributed by atoms with Crippen LogP contribution in [0.25, 0.3) is 10.9 Å². The van der Waals surface area contributed by atoms with Crippen molar-refractivity contribution in [3.63, 3.8) is 0 Å². The monoisotopic (exact) mass is 411 g/mol. The molecule has 1 heterocycles. The van der Waals surface area contributed by atoms with E-state index in [1.54, 1.807) is 12.1 Å². The van der Waals surface area contributed by atoms with Crippen molar-refractivity contribution in [2.45, 2.75) is 6.42 Å². The van der Waals surface area contributed by atoms with Gasteiger partial charge in [-0.1, -0.05) is 12.1 Å². The summed E-state index contributed by atoms with van der Waals surface area (Å²) in [6.45, 7) is 0.000144. The lowest BCUT2D eigenvalue weighted by molar-refractivity contribution is -0.136. The lowest BCUT2D eigenvalue weighted by Crippen LogP contribution is -2.26. The van der Waals surface area contributed by atoms with Gasteiger partial charge in [0.05, 0.1) is 20.6 Å². The normalized spacial score (nSPS) is 10.5. The van der Waals surface area contributed by atoms with E-state index in [0.29, 0.717) is 17.1 Å². The zero-order valence-electron chi connectivity index (χ0n) is 16.5. The molecule has 1 amide bonds.